The van der Waals surface area contributed by atoms with E-state index < -0.39 is 6.04 Å². The van der Waals surface area contributed by atoms with Gasteiger partial charge in [0.1, 0.15) is 12.3 Å². The molecular weight excluding hydrogens is 432 g/mol. The summed E-state index contributed by atoms with van der Waals surface area (Å²) in [6.07, 6.45) is 8.31. The summed E-state index contributed by atoms with van der Waals surface area (Å²) in [7, 11) is 3.27. The minimum atomic E-state index is -0.448. The van der Waals surface area contributed by atoms with Crippen molar-refractivity contribution in [3.05, 3.63) is 35.4 Å². The third kappa shape index (κ3) is 9.43. The average Bonchev–Trinajstić information content (AvgIpc) is 3.17. The summed E-state index contributed by atoms with van der Waals surface area (Å²) in [6, 6.07) is 8.55. The Morgan fingerprint density at radius 2 is 1.68 bits per heavy atom. The lowest BCUT2D eigenvalue weighted by atomic mass is 9.92. The molecule has 1 aromatic carbocycles. The second kappa shape index (κ2) is 17.1. The fourth-order valence-corrected chi connectivity index (χ4v) is 4.31. The molecule has 3 unspecified atom stereocenters. The standard InChI is InChI=1S/C12H21N3O3.C10H12.C2H5NO.C2H6/c1-8-3-4-11-15(8)12(17)9(5-6-18-11)14-10(16)7-13-2;1-2-6-10-8-4-3-7-9(10)5-1;1-3-2-4;1-2/h8-9,11,13H,3-7H2,1-2H3,(H,14,16);1-2,5-6H,3-4,7-8H2;2H,1H3,(H,3,4);1-2H3. The van der Waals surface area contributed by atoms with Gasteiger partial charge < -0.3 is 25.6 Å². The molecule has 8 heteroatoms. The highest BCUT2D eigenvalue weighted by atomic mass is 16.5. The van der Waals surface area contributed by atoms with E-state index in [1.807, 2.05) is 20.8 Å². The molecule has 2 aliphatic heterocycles. The molecule has 1 aliphatic carbocycles. The Bertz CT molecular complexity index is 718. The van der Waals surface area contributed by atoms with Gasteiger partial charge in [-0.2, -0.15) is 0 Å². The van der Waals surface area contributed by atoms with Crippen LogP contribution in [0.1, 0.15) is 64.0 Å². The van der Waals surface area contributed by atoms with Crippen LogP contribution in [0.15, 0.2) is 24.3 Å². The number of hydrogen-bond donors (Lipinski definition) is 3. The minimum absolute atomic E-state index is 0.00745. The normalized spacial score (nSPS) is 22.6. The molecule has 2 fully saturated rings. The second-order valence-corrected chi connectivity index (χ2v) is 8.32. The van der Waals surface area contributed by atoms with Crippen LogP contribution in [0.2, 0.25) is 0 Å². The lowest BCUT2D eigenvalue weighted by molar-refractivity contribution is -0.143. The van der Waals surface area contributed by atoms with E-state index in [9.17, 15) is 9.59 Å². The number of amides is 3. The number of nitrogens with one attached hydrogen (secondary N) is 3. The van der Waals surface area contributed by atoms with Gasteiger partial charge in [0.15, 0.2) is 0 Å². The maximum absolute atomic E-state index is 12.4. The van der Waals surface area contributed by atoms with Crippen molar-refractivity contribution in [2.75, 3.05) is 27.2 Å². The first-order chi connectivity index (χ1) is 16.5. The van der Waals surface area contributed by atoms with Crippen molar-refractivity contribution in [1.29, 1.82) is 0 Å². The first-order valence-corrected chi connectivity index (χ1v) is 12.6. The number of carbonyl (C=O) groups is 3. The average molecular weight is 477 g/mol. The number of rotatable bonds is 4. The van der Waals surface area contributed by atoms with E-state index in [0.29, 0.717) is 19.4 Å². The van der Waals surface area contributed by atoms with Crippen LogP contribution in [-0.4, -0.2) is 68.7 Å². The predicted molar refractivity (Wildman–Crippen MR) is 135 cm³/mol. The first kappa shape index (κ1) is 29.6. The van der Waals surface area contributed by atoms with Crippen molar-refractivity contribution in [1.82, 2.24) is 20.9 Å². The molecule has 8 nitrogen and oxygen atoms in total. The third-order valence-electron chi connectivity index (χ3n) is 5.94. The molecule has 3 N–H and O–H groups in total. The Balaban J connectivity index is 0.000000302. The molecule has 0 saturated carbocycles. The highest BCUT2D eigenvalue weighted by Crippen LogP contribution is 2.28. The van der Waals surface area contributed by atoms with Crippen LogP contribution in [0.4, 0.5) is 0 Å². The Hall–Kier alpha value is -2.45. The Morgan fingerprint density at radius 1 is 1.09 bits per heavy atom. The van der Waals surface area contributed by atoms with Crippen LogP contribution in [0, 0.1) is 0 Å². The number of benzene rings is 1. The SMILES string of the molecule is CC.CNC=O.CNCC(=O)NC1CCOC2CCC(C)N2C1=O.c1ccc2c(c1)CCCC2. The lowest BCUT2D eigenvalue weighted by Gasteiger charge is -2.28. The van der Waals surface area contributed by atoms with Crippen molar-refractivity contribution in [2.24, 2.45) is 0 Å². The number of carbonyl (C=O) groups excluding carboxylic acids is 3. The van der Waals surface area contributed by atoms with Crippen molar-refractivity contribution < 1.29 is 19.1 Å². The zero-order valence-corrected chi connectivity index (χ0v) is 21.6. The number of likely N-dealkylation sites (N-methyl/N-ethyl adjacent to an activating group) is 1. The van der Waals surface area contributed by atoms with Crippen LogP contribution in [-0.2, 0) is 32.0 Å². The van der Waals surface area contributed by atoms with Crippen LogP contribution in [0.25, 0.3) is 0 Å². The predicted octanol–water partition coefficient (Wildman–Crippen LogP) is 2.40. The topological polar surface area (TPSA) is 99.8 Å². The number of nitrogens with zero attached hydrogens (tertiary/aromatic N) is 1. The monoisotopic (exact) mass is 476 g/mol. The maximum Gasteiger partial charge on any atom is 0.247 e. The van der Waals surface area contributed by atoms with Gasteiger partial charge >= 0.3 is 0 Å². The van der Waals surface area contributed by atoms with Crippen molar-refractivity contribution in [3.8, 4) is 0 Å². The summed E-state index contributed by atoms with van der Waals surface area (Å²) in [5.74, 6) is -0.159. The molecule has 3 aliphatic rings. The van der Waals surface area contributed by atoms with Gasteiger partial charge in [0.2, 0.25) is 18.2 Å². The number of fused-ring (bicyclic) bond motifs is 2. The first-order valence-electron chi connectivity index (χ1n) is 12.6. The molecule has 0 radical (unpaired) electrons. The molecule has 3 atom stereocenters. The van der Waals surface area contributed by atoms with Gasteiger partial charge in [-0.1, -0.05) is 38.1 Å². The van der Waals surface area contributed by atoms with E-state index >= 15 is 0 Å². The van der Waals surface area contributed by atoms with Gasteiger partial charge in [-0.25, -0.2) is 0 Å². The highest BCUT2D eigenvalue weighted by molar-refractivity contribution is 5.88. The van der Waals surface area contributed by atoms with Gasteiger partial charge in [-0.3, -0.25) is 14.4 Å². The summed E-state index contributed by atoms with van der Waals surface area (Å²) in [4.78, 5) is 34.8. The summed E-state index contributed by atoms with van der Waals surface area (Å²) in [5, 5.41) is 7.79. The summed E-state index contributed by atoms with van der Waals surface area (Å²) < 4.78 is 5.68. The smallest absolute Gasteiger partial charge is 0.247 e. The largest absolute Gasteiger partial charge is 0.362 e. The van der Waals surface area contributed by atoms with E-state index in [0.717, 1.165) is 12.8 Å². The Morgan fingerprint density at radius 3 is 2.21 bits per heavy atom. The zero-order chi connectivity index (χ0) is 25.3. The fraction of sp³-hybridized carbons (Fsp3) is 0.654. The molecule has 3 amide bonds. The lowest BCUT2D eigenvalue weighted by Crippen LogP contribution is -2.51. The highest BCUT2D eigenvalue weighted by Gasteiger charge is 2.40. The number of aryl methyl sites for hydroxylation is 2. The summed E-state index contributed by atoms with van der Waals surface area (Å²) in [5.41, 5.74) is 3.16. The van der Waals surface area contributed by atoms with Crippen LogP contribution in [0.5, 0.6) is 0 Å². The molecule has 0 bridgehead atoms. The Kier molecular flexibility index (Phi) is 14.8. The third-order valence-corrected chi connectivity index (χ3v) is 5.94. The maximum atomic E-state index is 12.4. The summed E-state index contributed by atoms with van der Waals surface area (Å²) in [6.45, 7) is 6.77. The second-order valence-electron chi connectivity index (χ2n) is 8.32. The molecule has 0 spiro atoms. The van der Waals surface area contributed by atoms with Crippen molar-refractivity contribution >= 4 is 18.2 Å². The van der Waals surface area contributed by atoms with Crippen LogP contribution < -0.4 is 16.0 Å². The van der Waals surface area contributed by atoms with Gasteiger partial charge in [0, 0.05) is 19.5 Å². The molecule has 2 heterocycles. The molecule has 0 aromatic heterocycles. The molecule has 2 saturated heterocycles. The van der Waals surface area contributed by atoms with Crippen molar-refractivity contribution in [2.45, 2.75) is 84.0 Å². The van der Waals surface area contributed by atoms with E-state index in [1.165, 1.54) is 25.7 Å². The van der Waals surface area contributed by atoms with E-state index in [1.54, 1.807) is 30.1 Å². The van der Waals surface area contributed by atoms with Crippen molar-refractivity contribution in [3.63, 3.8) is 0 Å². The van der Waals surface area contributed by atoms with E-state index in [2.05, 4.69) is 40.2 Å². The number of ether oxygens (including phenoxy) is 1. The Labute approximate surface area is 205 Å². The van der Waals surface area contributed by atoms with Crippen LogP contribution in [0.3, 0.4) is 0 Å². The molecular formula is C26H44N4O4. The molecule has 1 aromatic rings. The number of hydrogen-bond acceptors (Lipinski definition) is 5. The van der Waals surface area contributed by atoms with Gasteiger partial charge in [-0.05, 0) is 63.6 Å². The fourth-order valence-electron chi connectivity index (χ4n) is 4.31. The molecule has 192 valence electrons. The van der Waals surface area contributed by atoms with E-state index in [4.69, 9.17) is 9.53 Å². The van der Waals surface area contributed by atoms with Gasteiger partial charge in [0.05, 0.1) is 13.2 Å². The quantitative estimate of drug-likeness (QED) is 0.580. The van der Waals surface area contributed by atoms with Gasteiger partial charge in [0.25, 0.3) is 0 Å². The summed E-state index contributed by atoms with van der Waals surface area (Å²) >= 11 is 0. The van der Waals surface area contributed by atoms with Gasteiger partial charge in [-0.15, -0.1) is 0 Å². The zero-order valence-electron chi connectivity index (χ0n) is 21.6. The van der Waals surface area contributed by atoms with E-state index in [-0.39, 0.29) is 30.6 Å². The van der Waals surface area contributed by atoms with Crippen LogP contribution >= 0.6 is 0 Å². The molecule has 34 heavy (non-hydrogen) atoms. The minimum Gasteiger partial charge on any atom is -0.362 e. The molecule has 4 rings (SSSR count).